The molecule has 0 aliphatic heterocycles. The summed E-state index contributed by atoms with van der Waals surface area (Å²) in [5.74, 6) is -0.306. The van der Waals surface area contributed by atoms with Crippen LogP contribution in [-0.4, -0.2) is 29.5 Å². The molecule has 0 saturated carbocycles. The number of anilines is 1. The number of carbonyl (C=O) groups is 2. The van der Waals surface area contributed by atoms with Gasteiger partial charge in [-0.3, -0.25) is 14.9 Å². The van der Waals surface area contributed by atoms with Gasteiger partial charge in [-0.25, -0.2) is 4.98 Å². The number of nitrogens with one attached hydrogen (secondary N) is 2. The molecular weight excluding hydrogens is 350 g/mol. The van der Waals surface area contributed by atoms with Crippen molar-refractivity contribution in [3.05, 3.63) is 47.9 Å². The van der Waals surface area contributed by atoms with Gasteiger partial charge >= 0.3 is 0 Å². The largest absolute Gasteiger partial charge is 0.365 e. The van der Waals surface area contributed by atoms with Gasteiger partial charge in [-0.15, -0.1) is 17.9 Å². The van der Waals surface area contributed by atoms with Crippen molar-refractivity contribution >= 4 is 28.3 Å². The summed E-state index contributed by atoms with van der Waals surface area (Å²) in [6.07, 6.45) is 1.02. The highest BCUT2D eigenvalue weighted by Crippen LogP contribution is 2.26. The average Bonchev–Trinajstić information content (AvgIpc) is 3.07. The fourth-order valence-electron chi connectivity index (χ4n) is 2.29. The van der Waals surface area contributed by atoms with Crippen LogP contribution in [0.5, 0.6) is 0 Å². The highest BCUT2D eigenvalue weighted by Gasteiger charge is 2.15. The molecule has 0 radical (unpaired) electrons. The maximum atomic E-state index is 12.0. The van der Waals surface area contributed by atoms with Crippen LogP contribution in [0, 0.1) is 0 Å². The molecule has 6 nitrogen and oxygen atoms in total. The molecule has 0 aliphatic rings. The molecule has 1 aromatic carbocycles. The summed E-state index contributed by atoms with van der Waals surface area (Å²) in [6.45, 7) is 8.99. The Morgan fingerprint density at radius 1 is 1.31 bits per heavy atom. The molecule has 0 unspecified atom stereocenters. The molecule has 0 spiro atoms. The normalized spacial score (nSPS) is 12.9. The van der Waals surface area contributed by atoms with E-state index in [-0.39, 0.29) is 17.9 Å². The van der Waals surface area contributed by atoms with Gasteiger partial charge in [0.05, 0.1) is 18.3 Å². The summed E-state index contributed by atoms with van der Waals surface area (Å²) < 4.78 is 5.30. The van der Waals surface area contributed by atoms with Crippen molar-refractivity contribution in [1.29, 1.82) is 0 Å². The zero-order chi connectivity index (χ0) is 19.1. The number of amides is 2. The van der Waals surface area contributed by atoms with Crippen molar-refractivity contribution < 1.29 is 14.3 Å². The van der Waals surface area contributed by atoms with Crippen molar-refractivity contribution in [2.24, 2.45) is 0 Å². The second-order valence-electron chi connectivity index (χ2n) is 5.84. The van der Waals surface area contributed by atoms with E-state index in [1.54, 1.807) is 13.0 Å². The number of aromatic nitrogens is 1. The van der Waals surface area contributed by atoms with Crippen LogP contribution in [0.1, 0.15) is 32.4 Å². The third kappa shape index (κ3) is 5.50. The predicted molar refractivity (Wildman–Crippen MR) is 104 cm³/mol. The number of thiazole rings is 1. The van der Waals surface area contributed by atoms with Crippen LogP contribution in [-0.2, 0) is 14.3 Å². The van der Waals surface area contributed by atoms with E-state index in [1.807, 2.05) is 36.6 Å². The Kier molecular flexibility index (Phi) is 7.06. The number of hydrogen-bond donors (Lipinski definition) is 2. The topological polar surface area (TPSA) is 80.3 Å². The van der Waals surface area contributed by atoms with Crippen LogP contribution >= 0.6 is 11.3 Å². The van der Waals surface area contributed by atoms with Gasteiger partial charge in [0.1, 0.15) is 6.10 Å². The van der Waals surface area contributed by atoms with E-state index < -0.39 is 6.10 Å². The fraction of sp³-hybridized carbons (Fsp3) is 0.316. The summed E-state index contributed by atoms with van der Waals surface area (Å²) in [4.78, 5) is 27.6. The lowest BCUT2D eigenvalue weighted by Gasteiger charge is -2.13. The Labute approximate surface area is 157 Å². The second kappa shape index (κ2) is 9.26. The number of rotatable bonds is 8. The molecule has 2 atom stereocenters. The Bertz CT molecular complexity index is 771. The van der Waals surface area contributed by atoms with Crippen molar-refractivity contribution in [2.75, 3.05) is 11.9 Å². The van der Waals surface area contributed by atoms with Gasteiger partial charge in [0, 0.05) is 17.9 Å². The van der Waals surface area contributed by atoms with Gasteiger partial charge in [-0.1, -0.05) is 30.3 Å². The van der Waals surface area contributed by atoms with Gasteiger partial charge < -0.3 is 10.1 Å². The van der Waals surface area contributed by atoms with E-state index in [4.69, 9.17) is 4.74 Å². The van der Waals surface area contributed by atoms with E-state index in [9.17, 15) is 9.59 Å². The molecule has 2 N–H and O–H groups in total. The SMILES string of the molecule is C=CCO[C@H](C)C(=O)Nc1nc(-c2ccc([C@H](C)NC(C)=O)cc2)cs1. The first-order valence-corrected chi connectivity index (χ1v) is 9.15. The molecular formula is C19H23N3O3S. The van der Waals surface area contributed by atoms with Crippen LogP contribution in [0.3, 0.4) is 0 Å². The van der Waals surface area contributed by atoms with Gasteiger partial charge in [-0.05, 0) is 19.4 Å². The van der Waals surface area contributed by atoms with Gasteiger partial charge in [0.2, 0.25) is 5.91 Å². The van der Waals surface area contributed by atoms with Crippen LogP contribution in [0.25, 0.3) is 11.3 Å². The summed E-state index contributed by atoms with van der Waals surface area (Å²) in [6, 6.07) is 7.76. The third-order valence-electron chi connectivity index (χ3n) is 3.69. The lowest BCUT2D eigenvalue weighted by molar-refractivity contribution is -0.125. The van der Waals surface area contributed by atoms with Crippen LogP contribution in [0.15, 0.2) is 42.3 Å². The Morgan fingerprint density at radius 3 is 2.62 bits per heavy atom. The Balaban J connectivity index is 2.01. The van der Waals surface area contributed by atoms with Gasteiger partial charge in [0.15, 0.2) is 5.13 Å². The lowest BCUT2D eigenvalue weighted by Crippen LogP contribution is -2.27. The number of benzene rings is 1. The van der Waals surface area contributed by atoms with Crippen molar-refractivity contribution in [1.82, 2.24) is 10.3 Å². The van der Waals surface area contributed by atoms with E-state index >= 15 is 0 Å². The number of hydrogen-bond acceptors (Lipinski definition) is 5. The zero-order valence-electron chi connectivity index (χ0n) is 15.1. The monoisotopic (exact) mass is 373 g/mol. The minimum atomic E-state index is -0.574. The first-order valence-electron chi connectivity index (χ1n) is 8.27. The van der Waals surface area contributed by atoms with Crippen LogP contribution < -0.4 is 10.6 Å². The average molecular weight is 373 g/mol. The predicted octanol–water partition coefficient (Wildman–Crippen LogP) is 3.54. The van der Waals surface area contributed by atoms with Crippen molar-refractivity contribution in [3.8, 4) is 11.3 Å². The molecule has 0 aliphatic carbocycles. The fourth-order valence-corrected chi connectivity index (χ4v) is 3.01. The van der Waals surface area contributed by atoms with E-state index in [1.165, 1.54) is 18.3 Å². The quantitative estimate of drug-likeness (QED) is 0.694. The zero-order valence-corrected chi connectivity index (χ0v) is 15.9. The molecule has 2 amide bonds. The first-order chi connectivity index (χ1) is 12.4. The van der Waals surface area contributed by atoms with E-state index in [0.717, 1.165) is 16.8 Å². The van der Waals surface area contributed by atoms with Crippen molar-refractivity contribution in [3.63, 3.8) is 0 Å². The Hall–Kier alpha value is -2.51. The molecule has 7 heteroatoms. The highest BCUT2D eigenvalue weighted by molar-refractivity contribution is 7.14. The second-order valence-corrected chi connectivity index (χ2v) is 6.69. The summed E-state index contributed by atoms with van der Waals surface area (Å²) in [5.41, 5.74) is 2.74. The molecule has 0 fully saturated rings. The summed E-state index contributed by atoms with van der Waals surface area (Å²) in [7, 11) is 0. The van der Waals surface area contributed by atoms with Crippen LogP contribution in [0.2, 0.25) is 0 Å². The lowest BCUT2D eigenvalue weighted by atomic mass is 10.1. The minimum absolute atomic E-state index is 0.0520. The molecule has 2 rings (SSSR count). The summed E-state index contributed by atoms with van der Waals surface area (Å²) >= 11 is 1.36. The van der Waals surface area contributed by atoms with E-state index in [0.29, 0.717) is 11.7 Å². The van der Waals surface area contributed by atoms with Crippen LogP contribution in [0.4, 0.5) is 5.13 Å². The number of carbonyl (C=O) groups excluding carboxylic acids is 2. The summed E-state index contributed by atoms with van der Waals surface area (Å²) in [5, 5.41) is 8.01. The molecule has 1 aromatic heterocycles. The van der Waals surface area contributed by atoms with Gasteiger partial charge in [-0.2, -0.15) is 0 Å². The Morgan fingerprint density at radius 2 is 2.00 bits per heavy atom. The molecule has 2 aromatic rings. The molecule has 26 heavy (non-hydrogen) atoms. The number of ether oxygens (including phenoxy) is 1. The highest BCUT2D eigenvalue weighted by atomic mass is 32.1. The van der Waals surface area contributed by atoms with Crippen molar-refractivity contribution in [2.45, 2.75) is 32.9 Å². The van der Waals surface area contributed by atoms with Gasteiger partial charge in [0.25, 0.3) is 5.91 Å². The van der Waals surface area contributed by atoms with E-state index in [2.05, 4.69) is 22.2 Å². The molecule has 138 valence electrons. The third-order valence-corrected chi connectivity index (χ3v) is 4.45. The first kappa shape index (κ1) is 19.8. The maximum Gasteiger partial charge on any atom is 0.255 e. The minimum Gasteiger partial charge on any atom is -0.365 e. The smallest absolute Gasteiger partial charge is 0.255 e. The molecule has 0 saturated heterocycles. The maximum absolute atomic E-state index is 12.0. The molecule has 0 bridgehead atoms. The standard InChI is InChI=1S/C19H23N3O3S/c1-5-10-25-13(3)18(24)22-19-21-17(11-26-19)16-8-6-15(7-9-16)12(2)20-14(4)23/h5-9,11-13H,1,10H2,2-4H3,(H,20,23)(H,21,22,24)/t12-,13+/m0/s1. The molecule has 1 heterocycles. The number of nitrogens with zero attached hydrogens (tertiary/aromatic N) is 1.